The van der Waals surface area contributed by atoms with Gasteiger partial charge in [-0.2, -0.15) is 5.26 Å². The SMILES string of the molecule is CC12OC(=O)C(C#N)C1(C)C1C(=O)CCCC12. The number of nitrogens with zero attached hydrogens (tertiary/aromatic N) is 1. The summed E-state index contributed by atoms with van der Waals surface area (Å²) in [7, 11) is 0. The van der Waals surface area contributed by atoms with Gasteiger partial charge >= 0.3 is 5.97 Å². The first kappa shape index (κ1) is 10.8. The van der Waals surface area contributed by atoms with Crippen LogP contribution in [0.2, 0.25) is 0 Å². The molecular formula is C13H15NO3. The minimum absolute atomic E-state index is 0.121. The van der Waals surface area contributed by atoms with E-state index >= 15 is 0 Å². The lowest BCUT2D eigenvalue weighted by molar-refractivity contribution is -0.227. The number of hydrogen-bond donors (Lipinski definition) is 0. The number of ether oxygens (including phenoxy) is 1. The van der Waals surface area contributed by atoms with Crippen LogP contribution in [-0.4, -0.2) is 17.4 Å². The third kappa shape index (κ3) is 0.910. The number of nitriles is 1. The van der Waals surface area contributed by atoms with Gasteiger partial charge in [-0.25, -0.2) is 0 Å². The van der Waals surface area contributed by atoms with Gasteiger partial charge in [0.1, 0.15) is 11.4 Å². The van der Waals surface area contributed by atoms with Crippen molar-refractivity contribution in [3.8, 4) is 6.07 Å². The van der Waals surface area contributed by atoms with Crippen LogP contribution in [-0.2, 0) is 14.3 Å². The van der Waals surface area contributed by atoms with Crippen LogP contribution in [0.5, 0.6) is 0 Å². The van der Waals surface area contributed by atoms with E-state index in [0.29, 0.717) is 6.42 Å². The zero-order chi connectivity index (χ0) is 12.4. The van der Waals surface area contributed by atoms with Gasteiger partial charge < -0.3 is 4.74 Å². The molecule has 5 atom stereocenters. The van der Waals surface area contributed by atoms with Gasteiger partial charge in [-0.15, -0.1) is 0 Å². The molecule has 2 saturated carbocycles. The maximum absolute atomic E-state index is 12.0. The van der Waals surface area contributed by atoms with Crippen LogP contribution in [0, 0.1) is 34.5 Å². The summed E-state index contributed by atoms with van der Waals surface area (Å²) in [6, 6.07) is 2.04. The summed E-state index contributed by atoms with van der Waals surface area (Å²) < 4.78 is 5.46. The number of rotatable bonds is 0. The average Bonchev–Trinajstić information content (AvgIpc) is 2.43. The molecule has 0 aromatic heterocycles. The second-order valence-corrected chi connectivity index (χ2v) is 5.82. The van der Waals surface area contributed by atoms with Crippen LogP contribution in [0.3, 0.4) is 0 Å². The Morgan fingerprint density at radius 1 is 1.41 bits per heavy atom. The molecule has 3 fully saturated rings. The van der Waals surface area contributed by atoms with E-state index in [1.165, 1.54) is 0 Å². The van der Waals surface area contributed by atoms with Crippen LogP contribution in [0.25, 0.3) is 0 Å². The Labute approximate surface area is 99.9 Å². The Bertz CT molecular complexity index is 466. The van der Waals surface area contributed by atoms with Crippen molar-refractivity contribution in [3.63, 3.8) is 0 Å². The number of carbonyl (C=O) groups excluding carboxylic acids is 2. The molecule has 0 spiro atoms. The van der Waals surface area contributed by atoms with Crippen LogP contribution >= 0.6 is 0 Å². The average molecular weight is 233 g/mol. The molecule has 90 valence electrons. The molecule has 0 radical (unpaired) electrons. The highest BCUT2D eigenvalue weighted by molar-refractivity contribution is 5.90. The fourth-order valence-corrected chi connectivity index (χ4v) is 4.35. The maximum atomic E-state index is 12.0. The first-order valence-corrected chi connectivity index (χ1v) is 6.12. The lowest BCUT2D eigenvalue weighted by Crippen LogP contribution is -2.70. The number of ketones is 1. The quantitative estimate of drug-likeness (QED) is 0.594. The van der Waals surface area contributed by atoms with Crippen LogP contribution < -0.4 is 0 Å². The second-order valence-electron chi connectivity index (χ2n) is 5.82. The Balaban J connectivity index is 2.09. The van der Waals surface area contributed by atoms with E-state index in [2.05, 4.69) is 0 Å². The molecule has 1 aliphatic heterocycles. The highest BCUT2D eigenvalue weighted by Gasteiger charge is 2.79. The van der Waals surface area contributed by atoms with E-state index in [-0.39, 0.29) is 17.6 Å². The summed E-state index contributed by atoms with van der Waals surface area (Å²) in [5, 5.41) is 9.15. The van der Waals surface area contributed by atoms with Crippen molar-refractivity contribution < 1.29 is 14.3 Å². The Morgan fingerprint density at radius 2 is 2.12 bits per heavy atom. The van der Waals surface area contributed by atoms with E-state index in [4.69, 9.17) is 10.00 Å². The monoisotopic (exact) mass is 233 g/mol. The third-order valence-corrected chi connectivity index (χ3v) is 5.39. The molecular weight excluding hydrogens is 218 g/mol. The largest absolute Gasteiger partial charge is 0.457 e. The molecule has 0 bridgehead atoms. The Hall–Kier alpha value is -1.37. The Kier molecular flexibility index (Phi) is 1.83. The number of fused-ring (bicyclic) bond motifs is 4. The van der Waals surface area contributed by atoms with Gasteiger partial charge in [0.05, 0.1) is 6.07 Å². The zero-order valence-corrected chi connectivity index (χ0v) is 10.0. The standard InChI is InChI=1S/C13H15NO3/c1-12-8(6-14)11(16)17-13(12,2)7-4-3-5-9(15)10(7)12/h7-8,10H,3-5H2,1-2H3. The zero-order valence-electron chi connectivity index (χ0n) is 10.0. The molecule has 3 aliphatic rings. The van der Waals surface area contributed by atoms with E-state index < -0.39 is 22.9 Å². The first-order chi connectivity index (χ1) is 7.96. The van der Waals surface area contributed by atoms with Crippen molar-refractivity contribution in [2.75, 3.05) is 0 Å². The van der Waals surface area contributed by atoms with Crippen LogP contribution in [0.1, 0.15) is 33.1 Å². The van der Waals surface area contributed by atoms with E-state index in [1.54, 1.807) is 0 Å². The van der Waals surface area contributed by atoms with Gasteiger partial charge in [-0.3, -0.25) is 9.59 Å². The van der Waals surface area contributed by atoms with E-state index in [1.807, 2.05) is 19.9 Å². The van der Waals surface area contributed by atoms with Gasteiger partial charge in [0.25, 0.3) is 0 Å². The fraction of sp³-hybridized carbons (Fsp3) is 0.769. The molecule has 1 heterocycles. The Morgan fingerprint density at radius 3 is 2.76 bits per heavy atom. The smallest absolute Gasteiger partial charge is 0.324 e. The van der Waals surface area contributed by atoms with Gasteiger partial charge in [-0.05, 0) is 19.8 Å². The van der Waals surface area contributed by atoms with Crippen molar-refractivity contribution >= 4 is 11.8 Å². The van der Waals surface area contributed by atoms with E-state index in [0.717, 1.165) is 12.8 Å². The minimum atomic E-state index is -0.782. The molecule has 3 rings (SSSR count). The molecule has 2 aliphatic carbocycles. The van der Waals surface area contributed by atoms with Crippen molar-refractivity contribution in [3.05, 3.63) is 0 Å². The lowest BCUT2D eigenvalue weighted by atomic mass is 9.39. The van der Waals surface area contributed by atoms with Crippen molar-refractivity contribution in [1.82, 2.24) is 0 Å². The molecule has 5 unspecified atom stereocenters. The molecule has 0 aromatic carbocycles. The summed E-state index contributed by atoms with van der Waals surface area (Å²) in [6.07, 6.45) is 2.38. The summed E-state index contributed by atoms with van der Waals surface area (Å²) in [4.78, 5) is 23.8. The number of Topliss-reactive ketones (excluding diaryl/α,β-unsaturated/α-hetero) is 1. The lowest BCUT2D eigenvalue weighted by Gasteiger charge is -2.62. The van der Waals surface area contributed by atoms with Gasteiger partial charge in [0.15, 0.2) is 5.92 Å². The normalized spacial score (nSPS) is 51.9. The summed E-state index contributed by atoms with van der Waals surface area (Å²) >= 11 is 0. The number of hydrogen-bond acceptors (Lipinski definition) is 4. The summed E-state index contributed by atoms with van der Waals surface area (Å²) in [5.74, 6) is -1.05. The maximum Gasteiger partial charge on any atom is 0.324 e. The molecule has 17 heavy (non-hydrogen) atoms. The summed E-state index contributed by atoms with van der Waals surface area (Å²) in [6.45, 7) is 3.76. The van der Waals surface area contributed by atoms with Crippen molar-refractivity contribution in [1.29, 1.82) is 5.26 Å². The second kappa shape index (κ2) is 2.90. The highest BCUT2D eigenvalue weighted by atomic mass is 16.6. The van der Waals surface area contributed by atoms with Crippen molar-refractivity contribution in [2.24, 2.45) is 23.2 Å². The molecule has 4 heteroatoms. The molecule has 1 saturated heterocycles. The summed E-state index contributed by atoms with van der Waals surface area (Å²) in [5.41, 5.74) is -1.22. The molecule has 0 amide bonds. The molecule has 4 nitrogen and oxygen atoms in total. The highest BCUT2D eigenvalue weighted by Crippen LogP contribution is 2.70. The molecule has 0 aromatic rings. The fourth-order valence-electron chi connectivity index (χ4n) is 4.35. The number of esters is 1. The topological polar surface area (TPSA) is 67.2 Å². The predicted octanol–water partition coefficient (Wildman–Crippen LogP) is 1.45. The van der Waals surface area contributed by atoms with Crippen LogP contribution in [0.4, 0.5) is 0 Å². The molecule has 0 N–H and O–H groups in total. The first-order valence-electron chi connectivity index (χ1n) is 6.12. The van der Waals surface area contributed by atoms with Gasteiger partial charge in [0, 0.05) is 23.7 Å². The van der Waals surface area contributed by atoms with Crippen molar-refractivity contribution in [2.45, 2.75) is 38.7 Å². The number of carbonyl (C=O) groups is 2. The predicted molar refractivity (Wildman–Crippen MR) is 57.5 cm³/mol. The third-order valence-electron chi connectivity index (χ3n) is 5.39. The van der Waals surface area contributed by atoms with Gasteiger partial charge in [0.2, 0.25) is 0 Å². The van der Waals surface area contributed by atoms with E-state index in [9.17, 15) is 9.59 Å². The minimum Gasteiger partial charge on any atom is -0.457 e. The van der Waals surface area contributed by atoms with Crippen LogP contribution in [0.15, 0.2) is 0 Å². The van der Waals surface area contributed by atoms with Gasteiger partial charge in [-0.1, -0.05) is 6.92 Å².